The predicted octanol–water partition coefficient (Wildman–Crippen LogP) is 8.83. The minimum Gasteiger partial charge on any atom is -0.444 e. The fraction of sp³-hybridized carbons (Fsp3) is 0.591. The molecule has 3 N–H and O–H groups in total. The quantitative estimate of drug-likeness (QED) is 0.0784. The summed E-state index contributed by atoms with van der Waals surface area (Å²) in [5.74, 6) is -1.20. The number of rotatable bonds is 10. The van der Waals surface area contributed by atoms with Crippen LogP contribution in [-0.2, 0) is 13.9 Å². The van der Waals surface area contributed by atoms with E-state index in [9.17, 15) is 34.9 Å². The zero-order valence-corrected chi connectivity index (χ0v) is 38.4. The Morgan fingerprint density at radius 1 is 0.738 bits per heavy atom. The Hall–Kier alpha value is -5.00. The van der Waals surface area contributed by atoms with Crippen LogP contribution in [0.25, 0.3) is 21.8 Å². The maximum Gasteiger partial charge on any atom is 0.410 e. The third-order valence-corrected chi connectivity index (χ3v) is 16.4. The number of likely N-dealkylation sites (tertiary alicyclic amines) is 2. The molecular formula is C44H64N6O10Si. The van der Waals surface area contributed by atoms with Crippen LogP contribution in [0.3, 0.4) is 0 Å². The summed E-state index contributed by atoms with van der Waals surface area (Å²) in [4.78, 5) is 58.0. The highest BCUT2D eigenvalue weighted by molar-refractivity contribution is 6.74. The summed E-state index contributed by atoms with van der Waals surface area (Å²) in [6, 6.07) is 14.0. The van der Waals surface area contributed by atoms with Gasteiger partial charge in [0.1, 0.15) is 11.2 Å². The van der Waals surface area contributed by atoms with E-state index in [0.29, 0.717) is 25.9 Å². The van der Waals surface area contributed by atoms with Crippen molar-refractivity contribution in [3.63, 3.8) is 0 Å². The van der Waals surface area contributed by atoms with Crippen molar-refractivity contribution in [1.29, 1.82) is 0 Å². The standard InChI is InChI=1S/C25H39N3O5Si.C19H25N3O5/c1-24(2,3)32-23(29)27-14-13-21(33-34(7,8)25(4,5)6)22(27)19(16-28(30)31)18-15-26-20-12-10-9-11-17(18)20;1-19(2,3)27-18(24)21-9-8-16(23)17(21)14(11-22(25)26)13-10-20-15-7-5-4-6-12(13)15/h9-12,15,19,21-22,26H,13-14,16H2,1-8H3;4-7,10,14,16-17,20,23H,8-9,11H2,1-3H3/t19-,21+,22-;14-,16+,17-/m11/s1. The molecule has 2 saturated heterocycles. The molecule has 2 aromatic heterocycles. The van der Waals surface area contributed by atoms with Gasteiger partial charge in [-0.2, -0.15) is 0 Å². The van der Waals surface area contributed by atoms with E-state index in [1.165, 1.54) is 4.90 Å². The van der Waals surface area contributed by atoms with Gasteiger partial charge in [0.15, 0.2) is 8.32 Å². The second kappa shape index (κ2) is 18.1. The molecule has 61 heavy (non-hydrogen) atoms. The SMILES string of the molecule is CC(C)(C)OC(=O)N1CC[C@H](O)[C@H]1[C@H](C[N+](=O)[O-])c1c[nH]c2ccccc12.CC(C)(C)OC(=O)N1CC[C@H](O[Si](C)(C)C(C)(C)C)[C@H]1[C@H](C[N+](=O)[O-])c1c[nH]c2ccccc12. The lowest BCUT2D eigenvalue weighted by Crippen LogP contribution is -2.52. The summed E-state index contributed by atoms with van der Waals surface area (Å²) < 4.78 is 18.0. The van der Waals surface area contributed by atoms with Crippen molar-refractivity contribution in [1.82, 2.24) is 19.8 Å². The van der Waals surface area contributed by atoms with Crippen molar-refractivity contribution >= 4 is 42.3 Å². The van der Waals surface area contributed by atoms with Gasteiger partial charge in [-0.15, -0.1) is 0 Å². The van der Waals surface area contributed by atoms with E-state index in [4.69, 9.17) is 13.9 Å². The maximum atomic E-state index is 13.3. The molecule has 0 spiro atoms. The molecule has 17 heteroatoms. The Morgan fingerprint density at radius 3 is 1.57 bits per heavy atom. The van der Waals surface area contributed by atoms with Gasteiger partial charge in [-0.1, -0.05) is 57.2 Å². The molecule has 2 aliphatic rings. The summed E-state index contributed by atoms with van der Waals surface area (Å²) in [7, 11) is -2.20. The number of H-pyrrole nitrogens is 2. The first-order valence-electron chi connectivity index (χ1n) is 21.0. The summed E-state index contributed by atoms with van der Waals surface area (Å²) in [6.45, 7) is 21.7. The van der Waals surface area contributed by atoms with Gasteiger partial charge in [0.2, 0.25) is 13.1 Å². The number of aliphatic hydroxyl groups is 1. The third kappa shape index (κ3) is 11.3. The molecule has 2 fully saturated rings. The third-order valence-electron chi connectivity index (χ3n) is 11.9. The van der Waals surface area contributed by atoms with Gasteiger partial charge < -0.3 is 38.8 Å². The number of nitrogens with zero attached hydrogens (tertiary/aromatic N) is 4. The summed E-state index contributed by atoms with van der Waals surface area (Å²) in [6.07, 6.45) is 2.38. The zero-order valence-electron chi connectivity index (χ0n) is 37.4. The normalized spacial score (nSPS) is 20.9. The van der Waals surface area contributed by atoms with E-state index in [1.807, 2.05) is 75.5 Å². The number of nitro groups is 2. The molecule has 2 aliphatic heterocycles. The first-order chi connectivity index (χ1) is 28.3. The molecule has 0 radical (unpaired) electrons. The summed E-state index contributed by atoms with van der Waals surface area (Å²) in [5, 5.41) is 35.6. The molecule has 2 amide bonds. The Bertz CT molecular complexity index is 2180. The zero-order chi connectivity index (χ0) is 45.2. The smallest absolute Gasteiger partial charge is 0.410 e. The van der Waals surface area contributed by atoms with Gasteiger partial charge >= 0.3 is 12.2 Å². The molecule has 6 atom stereocenters. The Balaban J connectivity index is 0.000000237. The largest absolute Gasteiger partial charge is 0.444 e. The molecular weight excluding hydrogens is 801 g/mol. The Labute approximate surface area is 358 Å². The number of amides is 2. The molecule has 0 saturated carbocycles. The number of ether oxygens (including phenoxy) is 2. The Kier molecular flexibility index (Phi) is 14.0. The average Bonchev–Trinajstić information content (AvgIpc) is 3.93. The number of hydrogen-bond acceptors (Lipinski definition) is 10. The van der Waals surface area contributed by atoms with E-state index < -0.39 is 66.7 Å². The average molecular weight is 865 g/mol. The van der Waals surface area contributed by atoms with Crippen LogP contribution >= 0.6 is 0 Å². The lowest BCUT2D eigenvalue weighted by Gasteiger charge is -2.41. The van der Waals surface area contributed by atoms with E-state index in [2.05, 4.69) is 43.8 Å². The molecule has 334 valence electrons. The van der Waals surface area contributed by atoms with Crippen LogP contribution in [0.15, 0.2) is 60.9 Å². The van der Waals surface area contributed by atoms with Crippen molar-refractivity contribution in [2.24, 2.45) is 0 Å². The molecule has 0 bridgehead atoms. The van der Waals surface area contributed by atoms with Crippen molar-refractivity contribution < 1.29 is 38.4 Å². The number of nitrogens with one attached hydrogen (secondary N) is 2. The molecule has 4 aromatic rings. The topological polar surface area (TPSA) is 206 Å². The van der Waals surface area contributed by atoms with Crippen LogP contribution in [0.1, 0.15) is 98.1 Å². The van der Waals surface area contributed by atoms with Gasteiger partial charge in [-0.25, -0.2) is 9.59 Å². The van der Waals surface area contributed by atoms with Crippen LogP contribution in [0, 0.1) is 20.2 Å². The number of benzene rings is 2. The highest BCUT2D eigenvalue weighted by Crippen LogP contribution is 2.43. The van der Waals surface area contributed by atoms with Gasteiger partial charge in [0.25, 0.3) is 0 Å². The number of hydrogen-bond donors (Lipinski definition) is 3. The van der Waals surface area contributed by atoms with Crippen LogP contribution in [-0.4, -0.2) is 117 Å². The number of aliphatic hydroxyl groups excluding tert-OH is 1. The van der Waals surface area contributed by atoms with Gasteiger partial charge in [-0.05, 0) is 95.8 Å². The van der Waals surface area contributed by atoms with Crippen LogP contribution in [0.4, 0.5) is 9.59 Å². The van der Waals surface area contributed by atoms with E-state index in [1.54, 1.807) is 31.9 Å². The van der Waals surface area contributed by atoms with Crippen LogP contribution < -0.4 is 0 Å². The minimum absolute atomic E-state index is 0.0315. The molecule has 0 aliphatic carbocycles. The number of carbonyl (C=O) groups excluding carboxylic acids is 2. The summed E-state index contributed by atoms with van der Waals surface area (Å²) >= 11 is 0. The number of aromatic amines is 2. The second-order valence-electron chi connectivity index (χ2n) is 19.7. The van der Waals surface area contributed by atoms with E-state index in [-0.39, 0.29) is 29.2 Å². The van der Waals surface area contributed by atoms with E-state index in [0.717, 1.165) is 32.9 Å². The van der Waals surface area contributed by atoms with Gasteiger partial charge in [-0.3, -0.25) is 20.2 Å². The number of para-hydroxylation sites is 2. The van der Waals surface area contributed by atoms with Crippen molar-refractivity contribution in [2.45, 2.75) is 141 Å². The number of aromatic nitrogens is 2. The minimum atomic E-state index is -2.20. The van der Waals surface area contributed by atoms with Crippen molar-refractivity contribution in [3.8, 4) is 0 Å². The first kappa shape index (κ1) is 47.1. The predicted molar refractivity (Wildman–Crippen MR) is 237 cm³/mol. The van der Waals surface area contributed by atoms with Gasteiger partial charge in [0, 0.05) is 57.1 Å². The second-order valence-corrected chi connectivity index (χ2v) is 24.5. The van der Waals surface area contributed by atoms with Crippen molar-refractivity contribution in [3.05, 3.63) is 92.3 Å². The molecule has 16 nitrogen and oxygen atoms in total. The van der Waals surface area contributed by atoms with Gasteiger partial charge in [0.05, 0.1) is 36.1 Å². The monoisotopic (exact) mass is 864 g/mol. The lowest BCUT2D eigenvalue weighted by molar-refractivity contribution is -0.484. The highest BCUT2D eigenvalue weighted by atomic mass is 28.4. The highest BCUT2D eigenvalue weighted by Gasteiger charge is 2.51. The summed E-state index contributed by atoms with van der Waals surface area (Å²) in [5.41, 5.74) is 1.97. The first-order valence-corrected chi connectivity index (χ1v) is 23.9. The lowest BCUT2D eigenvalue weighted by atomic mass is 9.88. The van der Waals surface area contributed by atoms with Crippen LogP contribution in [0.5, 0.6) is 0 Å². The van der Waals surface area contributed by atoms with Crippen molar-refractivity contribution in [2.75, 3.05) is 26.2 Å². The van der Waals surface area contributed by atoms with Crippen LogP contribution in [0.2, 0.25) is 18.1 Å². The Morgan fingerprint density at radius 2 is 1.15 bits per heavy atom. The molecule has 2 aromatic carbocycles. The molecule has 0 unspecified atom stereocenters. The number of carbonyl (C=O) groups is 2. The maximum absolute atomic E-state index is 13.3. The molecule has 6 rings (SSSR count). The number of fused-ring (bicyclic) bond motifs is 2. The fourth-order valence-corrected chi connectivity index (χ4v) is 9.57. The molecule has 4 heterocycles. The fourth-order valence-electron chi connectivity index (χ4n) is 8.20. The van der Waals surface area contributed by atoms with E-state index >= 15 is 0 Å².